The Balaban J connectivity index is 2.19. The van der Waals surface area contributed by atoms with Gasteiger partial charge in [0.25, 0.3) is 5.91 Å². The summed E-state index contributed by atoms with van der Waals surface area (Å²) in [6.45, 7) is -0.159. The van der Waals surface area contributed by atoms with Crippen LogP contribution in [0.2, 0.25) is 0 Å². The number of carbonyl (C=O) groups excluding carboxylic acids is 1. The van der Waals surface area contributed by atoms with Crippen LogP contribution in [0.3, 0.4) is 0 Å². The van der Waals surface area contributed by atoms with E-state index in [4.69, 9.17) is 4.74 Å². The topological polar surface area (TPSA) is 71.5 Å². The Morgan fingerprint density at radius 2 is 2.20 bits per heavy atom. The molecule has 1 amide bonds. The Morgan fingerprint density at radius 1 is 1.40 bits per heavy atom. The Labute approximate surface area is 124 Å². The van der Waals surface area contributed by atoms with E-state index in [1.54, 1.807) is 36.5 Å². The summed E-state index contributed by atoms with van der Waals surface area (Å²) in [4.78, 5) is 16.0. The van der Waals surface area contributed by atoms with Crippen LogP contribution >= 0.6 is 15.9 Å². The summed E-state index contributed by atoms with van der Waals surface area (Å²) in [5, 5.41) is 12.0. The summed E-state index contributed by atoms with van der Waals surface area (Å²) in [6.07, 6.45) is 1.55. The highest BCUT2D eigenvalue weighted by atomic mass is 79.9. The van der Waals surface area contributed by atoms with Gasteiger partial charge in [0.2, 0.25) is 0 Å². The van der Waals surface area contributed by atoms with Crippen molar-refractivity contribution in [3.63, 3.8) is 0 Å². The van der Waals surface area contributed by atoms with E-state index in [9.17, 15) is 9.90 Å². The maximum absolute atomic E-state index is 12.1. The summed E-state index contributed by atoms with van der Waals surface area (Å²) >= 11 is 3.22. The SMILES string of the molecule is COc1ccc(NC(=O)c2ccnc(Br)c2)cc1CO. The molecule has 0 bridgehead atoms. The Hall–Kier alpha value is -1.92. The standard InChI is InChI=1S/C14H13BrN2O3/c1-20-12-3-2-11(6-10(12)8-18)17-14(19)9-4-5-16-13(15)7-9/h2-7,18H,8H2,1H3,(H,17,19). The highest BCUT2D eigenvalue weighted by molar-refractivity contribution is 9.10. The van der Waals surface area contributed by atoms with Gasteiger partial charge in [-0.2, -0.15) is 0 Å². The second-order valence-electron chi connectivity index (χ2n) is 4.01. The zero-order chi connectivity index (χ0) is 14.5. The third-order valence-electron chi connectivity index (χ3n) is 2.70. The molecule has 0 atom stereocenters. The van der Waals surface area contributed by atoms with Crippen LogP contribution in [0.1, 0.15) is 15.9 Å². The fraction of sp³-hybridized carbons (Fsp3) is 0.143. The molecule has 1 aromatic carbocycles. The molecule has 2 rings (SSSR count). The van der Waals surface area contributed by atoms with Crippen molar-refractivity contribution in [2.75, 3.05) is 12.4 Å². The molecule has 2 aromatic rings. The summed E-state index contributed by atoms with van der Waals surface area (Å²) in [5.41, 5.74) is 1.70. The van der Waals surface area contributed by atoms with Crippen molar-refractivity contribution in [2.24, 2.45) is 0 Å². The summed E-state index contributed by atoms with van der Waals surface area (Å²) in [7, 11) is 1.53. The molecule has 104 valence electrons. The number of aliphatic hydroxyl groups is 1. The number of halogens is 1. The Morgan fingerprint density at radius 3 is 2.85 bits per heavy atom. The lowest BCUT2D eigenvalue weighted by Gasteiger charge is -2.10. The predicted octanol–water partition coefficient (Wildman–Crippen LogP) is 2.60. The van der Waals surface area contributed by atoms with E-state index in [1.165, 1.54) is 7.11 Å². The molecule has 1 aromatic heterocycles. The molecule has 20 heavy (non-hydrogen) atoms. The molecule has 0 saturated heterocycles. The van der Waals surface area contributed by atoms with Crippen molar-refractivity contribution in [3.05, 3.63) is 52.3 Å². The van der Waals surface area contributed by atoms with Crippen LogP contribution in [-0.4, -0.2) is 23.1 Å². The molecule has 2 N–H and O–H groups in total. The number of nitrogens with one attached hydrogen (secondary N) is 1. The van der Waals surface area contributed by atoms with Crippen LogP contribution < -0.4 is 10.1 Å². The average Bonchev–Trinajstić information content (AvgIpc) is 2.47. The Kier molecular flexibility index (Phi) is 4.70. The van der Waals surface area contributed by atoms with E-state index in [0.29, 0.717) is 27.2 Å². The molecule has 0 spiro atoms. The molecule has 0 aliphatic heterocycles. The minimum atomic E-state index is -0.248. The van der Waals surface area contributed by atoms with Crippen LogP contribution in [0.4, 0.5) is 5.69 Å². The fourth-order valence-electron chi connectivity index (χ4n) is 1.73. The van der Waals surface area contributed by atoms with Crippen molar-refractivity contribution in [1.82, 2.24) is 4.98 Å². The number of methoxy groups -OCH3 is 1. The number of rotatable bonds is 4. The van der Waals surface area contributed by atoms with E-state index in [1.807, 2.05) is 0 Å². The third-order valence-corrected chi connectivity index (χ3v) is 3.13. The highest BCUT2D eigenvalue weighted by Crippen LogP contribution is 2.23. The maximum atomic E-state index is 12.1. The van der Waals surface area contributed by atoms with Gasteiger partial charge in [0.15, 0.2) is 0 Å². The lowest BCUT2D eigenvalue weighted by atomic mass is 10.1. The number of amides is 1. The number of hydrogen-bond donors (Lipinski definition) is 2. The number of aromatic nitrogens is 1. The summed E-state index contributed by atoms with van der Waals surface area (Å²) in [5.74, 6) is 0.333. The number of hydrogen-bond acceptors (Lipinski definition) is 4. The van der Waals surface area contributed by atoms with Gasteiger partial charge < -0.3 is 15.2 Å². The number of nitrogens with zero attached hydrogens (tertiary/aromatic N) is 1. The summed E-state index contributed by atoms with van der Waals surface area (Å²) in [6, 6.07) is 8.34. The van der Waals surface area contributed by atoms with Crippen LogP contribution in [0.5, 0.6) is 5.75 Å². The molecule has 0 aliphatic rings. The number of aliphatic hydroxyl groups excluding tert-OH is 1. The quantitative estimate of drug-likeness (QED) is 0.842. The maximum Gasteiger partial charge on any atom is 0.255 e. The van der Waals surface area contributed by atoms with E-state index in [0.717, 1.165) is 0 Å². The van der Waals surface area contributed by atoms with Gasteiger partial charge in [-0.25, -0.2) is 4.98 Å². The lowest BCUT2D eigenvalue weighted by molar-refractivity contribution is 0.102. The molecule has 0 fully saturated rings. The Bertz CT molecular complexity index is 632. The zero-order valence-corrected chi connectivity index (χ0v) is 12.3. The number of pyridine rings is 1. The second kappa shape index (κ2) is 6.49. The fourth-order valence-corrected chi connectivity index (χ4v) is 2.09. The van der Waals surface area contributed by atoms with Gasteiger partial charge in [-0.3, -0.25) is 4.79 Å². The van der Waals surface area contributed by atoms with E-state index in [-0.39, 0.29) is 12.5 Å². The van der Waals surface area contributed by atoms with Gasteiger partial charge in [0.1, 0.15) is 10.4 Å². The van der Waals surface area contributed by atoms with Crippen LogP contribution in [-0.2, 0) is 6.61 Å². The van der Waals surface area contributed by atoms with E-state index >= 15 is 0 Å². The van der Waals surface area contributed by atoms with Gasteiger partial charge in [-0.05, 0) is 46.3 Å². The second-order valence-corrected chi connectivity index (χ2v) is 4.82. The monoisotopic (exact) mass is 336 g/mol. The molecule has 6 heteroatoms. The first-order chi connectivity index (χ1) is 9.63. The number of anilines is 1. The smallest absolute Gasteiger partial charge is 0.255 e. The van der Waals surface area contributed by atoms with Crippen molar-refractivity contribution >= 4 is 27.5 Å². The van der Waals surface area contributed by atoms with Gasteiger partial charge in [-0.15, -0.1) is 0 Å². The van der Waals surface area contributed by atoms with Crippen molar-refractivity contribution in [3.8, 4) is 5.75 Å². The van der Waals surface area contributed by atoms with Gasteiger partial charge in [-0.1, -0.05) is 0 Å². The van der Waals surface area contributed by atoms with E-state index in [2.05, 4.69) is 26.2 Å². The molecule has 5 nitrogen and oxygen atoms in total. The molecule has 1 heterocycles. The van der Waals surface area contributed by atoms with Crippen molar-refractivity contribution in [2.45, 2.75) is 6.61 Å². The molecule has 0 radical (unpaired) electrons. The molecule has 0 aliphatic carbocycles. The van der Waals surface area contributed by atoms with Gasteiger partial charge in [0.05, 0.1) is 13.7 Å². The highest BCUT2D eigenvalue weighted by Gasteiger charge is 2.09. The molecule has 0 saturated carbocycles. The lowest BCUT2D eigenvalue weighted by Crippen LogP contribution is -2.12. The minimum absolute atomic E-state index is 0.159. The normalized spacial score (nSPS) is 10.2. The van der Waals surface area contributed by atoms with E-state index < -0.39 is 0 Å². The van der Waals surface area contributed by atoms with Crippen LogP contribution in [0.15, 0.2) is 41.1 Å². The number of carbonyl (C=O) groups is 1. The van der Waals surface area contributed by atoms with Crippen molar-refractivity contribution in [1.29, 1.82) is 0 Å². The van der Waals surface area contributed by atoms with Gasteiger partial charge >= 0.3 is 0 Å². The predicted molar refractivity (Wildman–Crippen MR) is 78.8 cm³/mol. The summed E-state index contributed by atoms with van der Waals surface area (Å²) < 4.78 is 5.70. The average molecular weight is 337 g/mol. The molecule has 0 unspecified atom stereocenters. The largest absolute Gasteiger partial charge is 0.496 e. The van der Waals surface area contributed by atoms with Crippen LogP contribution in [0.25, 0.3) is 0 Å². The number of benzene rings is 1. The van der Waals surface area contributed by atoms with Gasteiger partial charge in [0, 0.05) is 23.0 Å². The molecular formula is C14H13BrN2O3. The first-order valence-electron chi connectivity index (χ1n) is 5.84. The van der Waals surface area contributed by atoms with Crippen molar-refractivity contribution < 1.29 is 14.6 Å². The zero-order valence-electron chi connectivity index (χ0n) is 10.8. The first-order valence-corrected chi connectivity index (χ1v) is 6.64. The first kappa shape index (κ1) is 14.5. The van der Waals surface area contributed by atoms with Crippen LogP contribution in [0, 0.1) is 0 Å². The minimum Gasteiger partial charge on any atom is -0.496 e. The third kappa shape index (κ3) is 3.34. The molecular weight excluding hydrogens is 324 g/mol. The number of ether oxygens (including phenoxy) is 1.